The Bertz CT molecular complexity index is 518. The van der Waals surface area contributed by atoms with Gasteiger partial charge in [0.1, 0.15) is 5.82 Å². The van der Waals surface area contributed by atoms with Gasteiger partial charge in [0.05, 0.1) is 0 Å². The summed E-state index contributed by atoms with van der Waals surface area (Å²) >= 11 is 0. The van der Waals surface area contributed by atoms with Gasteiger partial charge in [0.2, 0.25) is 0 Å². The van der Waals surface area contributed by atoms with Crippen LogP contribution < -0.4 is 0 Å². The number of halogens is 1. The molecule has 80 valence electrons. The highest BCUT2D eigenvalue weighted by Crippen LogP contribution is 2.15. The van der Waals surface area contributed by atoms with Crippen LogP contribution in [0.5, 0.6) is 0 Å². The molecule has 0 atom stereocenters. The van der Waals surface area contributed by atoms with E-state index in [1.165, 1.54) is 18.2 Å². The molecule has 0 unspecified atom stereocenters. The molecule has 2 rings (SSSR count). The highest BCUT2D eigenvalue weighted by Gasteiger charge is 2.11. The fourth-order valence-electron chi connectivity index (χ4n) is 1.63. The SMILES string of the molecule is Cc1cc(F)ccc1C(=O)c1ccccc1. The van der Waals surface area contributed by atoms with Crippen molar-refractivity contribution in [3.63, 3.8) is 0 Å². The molecule has 2 heteroatoms. The van der Waals surface area contributed by atoms with Crippen LogP contribution in [-0.4, -0.2) is 5.78 Å². The summed E-state index contributed by atoms with van der Waals surface area (Å²) in [6.07, 6.45) is 0. The third kappa shape index (κ3) is 2.01. The maximum Gasteiger partial charge on any atom is 0.193 e. The maximum absolute atomic E-state index is 12.9. The number of carbonyl (C=O) groups excluding carboxylic acids is 1. The minimum Gasteiger partial charge on any atom is -0.289 e. The highest BCUT2D eigenvalue weighted by atomic mass is 19.1. The molecule has 0 aromatic heterocycles. The third-order valence-corrected chi connectivity index (χ3v) is 2.47. The Morgan fingerprint density at radius 1 is 1.06 bits per heavy atom. The molecule has 2 aromatic rings. The number of aryl methyl sites for hydroxylation is 1. The molecule has 2 aromatic carbocycles. The fraction of sp³-hybridized carbons (Fsp3) is 0.0714. The number of hydrogen-bond acceptors (Lipinski definition) is 1. The average molecular weight is 214 g/mol. The second-order valence-electron chi connectivity index (χ2n) is 3.65. The lowest BCUT2D eigenvalue weighted by atomic mass is 9.99. The molecular formula is C14H11FO. The van der Waals surface area contributed by atoms with E-state index in [-0.39, 0.29) is 11.6 Å². The standard InChI is InChI=1S/C14H11FO/c1-10-9-12(15)7-8-13(10)14(16)11-5-3-2-4-6-11/h2-9H,1H3. The molecule has 0 aliphatic carbocycles. The number of benzene rings is 2. The zero-order chi connectivity index (χ0) is 11.5. The van der Waals surface area contributed by atoms with Crippen molar-refractivity contribution in [2.24, 2.45) is 0 Å². The van der Waals surface area contributed by atoms with Gasteiger partial charge in [-0.05, 0) is 30.7 Å². The first-order valence-corrected chi connectivity index (χ1v) is 5.04. The van der Waals surface area contributed by atoms with E-state index in [9.17, 15) is 9.18 Å². The lowest BCUT2D eigenvalue weighted by Crippen LogP contribution is -2.03. The van der Waals surface area contributed by atoms with Crippen molar-refractivity contribution >= 4 is 5.78 Å². The van der Waals surface area contributed by atoms with E-state index in [0.717, 1.165) is 0 Å². The zero-order valence-electron chi connectivity index (χ0n) is 8.91. The molecule has 0 radical (unpaired) electrons. The molecule has 0 fully saturated rings. The molecule has 0 heterocycles. The van der Waals surface area contributed by atoms with E-state index in [0.29, 0.717) is 16.7 Å². The van der Waals surface area contributed by atoms with Crippen LogP contribution in [0.1, 0.15) is 21.5 Å². The van der Waals surface area contributed by atoms with Gasteiger partial charge < -0.3 is 0 Å². The molecule has 0 N–H and O–H groups in total. The van der Waals surface area contributed by atoms with Gasteiger partial charge in [0.25, 0.3) is 0 Å². The normalized spacial score (nSPS) is 10.1. The van der Waals surface area contributed by atoms with Gasteiger partial charge in [-0.1, -0.05) is 30.3 Å². The van der Waals surface area contributed by atoms with Crippen LogP contribution in [0.4, 0.5) is 4.39 Å². The van der Waals surface area contributed by atoms with Crippen LogP contribution in [-0.2, 0) is 0 Å². The van der Waals surface area contributed by atoms with E-state index in [1.54, 1.807) is 19.1 Å². The minimum atomic E-state index is -0.317. The second-order valence-corrected chi connectivity index (χ2v) is 3.65. The van der Waals surface area contributed by atoms with Gasteiger partial charge in [-0.3, -0.25) is 4.79 Å². The lowest BCUT2D eigenvalue weighted by Gasteiger charge is -2.04. The molecule has 0 bridgehead atoms. The van der Waals surface area contributed by atoms with Gasteiger partial charge in [-0.2, -0.15) is 0 Å². The van der Waals surface area contributed by atoms with Crippen molar-refractivity contribution in [3.05, 3.63) is 71.0 Å². The van der Waals surface area contributed by atoms with Crippen molar-refractivity contribution in [2.75, 3.05) is 0 Å². The van der Waals surface area contributed by atoms with Gasteiger partial charge in [0, 0.05) is 11.1 Å². The van der Waals surface area contributed by atoms with Crippen molar-refractivity contribution < 1.29 is 9.18 Å². The average Bonchev–Trinajstić information content (AvgIpc) is 2.29. The summed E-state index contributed by atoms with van der Waals surface area (Å²) in [5.74, 6) is -0.389. The van der Waals surface area contributed by atoms with E-state index in [1.807, 2.05) is 18.2 Å². The molecule has 1 nitrogen and oxygen atoms in total. The van der Waals surface area contributed by atoms with Crippen LogP contribution in [0.25, 0.3) is 0 Å². The third-order valence-electron chi connectivity index (χ3n) is 2.47. The Kier molecular flexibility index (Phi) is 2.82. The van der Waals surface area contributed by atoms with Crippen molar-refractivity contribution in [1.29, 1.82) is 0 Å². The van der Waals surface area contributed by atoms with Crippen LogP contribution in [0.2, 0.25) is 0 Å². The van der Waals surface area contributed by atoms with Crippen LogP contribution in [0.15, 0.2) is 48.5 Å². The summed E-state index contributed by atoms with van der Waals surface area (Å²) < 4.78 is 12.9. The van der Waals surface area contributed by atoms with Crippen molar-refractivity contribution in [3.8, 4) is 0 Å². The van der Waals surface area contributed by atoms with Crippen LogP contribution >= 0.6 is 0 Å². The summed E-state index contributed by atoms with van der Waals surface area (Å²) in [4.78, 5) is 12.1. The summed E-state index contributed by atoms with van der Waals surface area (Å²) in [6, 6.07) is 13.2. The van der Waals surface area contributed by atoms with E-state index in [2.05, 4.69) is 0 Å². The van der Waals surface area contributed by atoms with Crippen LogP contribution in [0, 0.1) is 12.7 Å². The number of rotatable bonds is 2. The predicted octanol–water partition coefficient (Wildman–Crippen LogP) is 3.37. The largest absolute Gasteiger partial charge is 0.289 e. The molecule has 16 heavy (non-hydrogen) atoms. The molecule has 0 amide bonds. The van der Waals surface area contributed by atoms with Crippen molar-refractivity contribution in [2.45, 2.75) is 6.92 Å². The highest BCUT2D eigenvalue weighted by molar-refractivity contribution is 6.09. The predicted molar refractivity (Wildman–Crippen MR) is 61.0 cm³/mol. The minimum absolute atomic E-state index is 0.0712. The molecule has 0 saturated carbocycles. The van der Waals surface area contributed by atoms with Gasteiger partial charge in [-0.25, -0.2) is 4.39 Å². The van der Waals surface area contributed by atoms with Crippen molar-refractivity contribution in [1.82, 2.24) is 0 Å². The lowest BCUT2D eigenvalue weighted by molar-refractivity contribution is 0.103. The number of carbonyl (C=O) groups is 1. The zero-order valence-corrected chi connectivity index (χ0v) is 8.91. The summed E-state index contributed by atoms with van der Waals surface area (Å²) in [5, 5.41) is 0. The summed E-state index contributed by atoms with van der Waals surface area (Å²) in [7, 11) is 0. The van der Waals surface area contributed by atoms with E-state index in [4.69, 9.17) is 0 Å². The Morgan fingerprint density at radius 2 is 1.75 bits per heavy atom. The monoisotopic (exact) mass is 214 g/mol. The fourth-order valence-corrected chi connectivity index (χ4v) is 1.63. The van der Waals surface area contributed by atoms with Crippen LogP contribution in [0.3, 0.4) is 0 Å². The smallest absolute Gasteiger partial charge is 0.193 e. The first kappa shape index (κ1) is 10.6. The quantitative estimate of drug-likeness (QED) is 0.700. The molecule has 0 saturated heterocycles. The second kappa shape index (κ2) is 4.27. The molecule has 0 spiro atoms. The topological polar surface area (TPSA) is 17.1 Å². The molecule has 0 aliphatic rings. The summed E-state index contributed by atoms with van der Waals surface area (Å²) in [5.41, 5.74) is 1.83. The maximum atomic E-state index is 12.9. The molecular weight excluding hydrogens is 203 g/mol. The first-order valence-electron chi connectivity index (χ1n) is 5.04. The molecule has 0 aliphatic heterocycles. The van der Waals surface area contributed by atoms with E-state index < -0.39 is 0 Å². The summed E-state index contributed by atoms with van der Waals surface area (Å²) in [6.45, 7) is 1.74. The first-order chi connectivity index (χ1) is 7.68. The van der Waals surface area contributed by atoms with E-state index >= 15 is 0 Å². The Labute approximate surface area is 93.5 Å². The Morgan fingerprint density at radius 3 is 2.38 bits per heavy atom. The number of ketones is 1. The van der Waals surface area contributed by atoms with Gasteiger partial charge >= 0.3 is 0 Å². The van der Waals surface area contributed by atoms with Gasteiger partial charge in [0.15, 0.2) is 5.78 Å². The number of hydrogen-bond donors (Lipinski definition) is 0. The Balaban J connectivity index is 2.42. The Hall–Kier alpha value is -1.96. The van der Waals surface area contributed by atoms with Gasteiger partial charge in [-0.15, -0.1) is 0 Å².